The zero-order chi connectivity index (χ0) is 18.2. The molecule has 0 amide bonds. The molecule has 0 unspecified atom stereocenters. The zero-order valence-electron chi connectivity index (χ0n) is 15.7. The third-order valence-electron chi connectivity index (χ3n) is 5.73. The number of allylic oxidation sites excluding steroid dienone is 1. The van der Waals surface area contributed by atoms with Crippen LogP contribution >= 0.6 is 0 Å². The van der Waals surface area contributed by atoms with Crippen molar-refractivity contribution >= 4 is 0 Å². The molecule has 0 radical (unpaired) electrons. The SMILES string of the molecule is OCCN1CCN(CCNC=C2CCC(c3ccc(F)cc3)CC2)CC1. The molecule has 1 aliphatic heterocycles. The Morgan fingerprint density at radius 2 is 1.62 bits per heavy atom. The van der Waals surface area contributed by atoms with Crippen molar-refractivity contribution in [2.45, 2.75) is 31.6 Å². The lowest BCUT2D eigenvalue weighted by molar-refractivity contribution is 0.114. The van der Waals surface area contributed by atoms with Crippen molar-refractivity contribution in [3.63, 3.8) is 0 Å². The highest BCUT2D eigenvalue weighted by Gasteiger charge is 2.18. The van der Waals surface area contributed by atoms with Gasteiger partial charge in [0.25, 0.3) is 0 Å². The molecule has 1 heterocycles. The molecule has 5 heteroatoms. The molecule has 1 aromatic rings. The summed E-state index contributed by atoms with van der Waals surface area (Å²) in [6.45, 7) is 7.45. The molecule has 2 N–H and O–H groups in total. The number of benzene rings is 1. The topological polar surface area (TPSA) is 38.7 Å². The molecule has 1 aliphatic carbocycles. The van der Waals surface area contributed by atoms with Gasteiger partial charge < -0.3 is 10.4 Å². The van der Waals surface area contributed by atoms with Crippen LogP contribution in [0.15, 0.2) is 36.0 Å². The summed E-state index contributed by atoms with van der Waals surface area (Å²) in [4.78, 5) is 4.82. The van der Waals surface area contributed by atoms with Crippen LogP contribution in [-0.4, -0.2) is 67.3 Å². The van der Waals surface area contributed by atoms with Gasteiger partial charge in [0.15, 0.2) is 0 Å². The fourth-order valence-corrected chi connectivity index (χ4v) is 4.02. The van der Waals surface area contributed by atoms with Crippen LogP contribution < -0.4 is 5.32 Å². The molecule has 4 nitrogen and oxygen atoms in total. The maximum absolute atomic E-state index is 13.0. The monoisotopic (exact) mass is 361 g/mol. The first kappa shape index (κ1) is 19.3. The van der Waals surface area contributed by atoms with Gasteiger partial charge in [-0.25, -0.2) is 4.39 Å². The number of hydrogen-bond acceptors (Lipinski definition) is 4. The number of rotatable bonds is 7. The van der Waals surface area contributed by atoms with E-state index in [0.29, 0.717) is 5.92 Å². The van der Waals surface area contributed by atoms with Crippen LogP contribution in [0.25, 0.3) is 0 Å². The first-order valence-electron chi connectivity index (χ1n) is 9.97. The zero-order valence-corrected chi connectivity index (χ0v) is 15.7. The number of piperazine rings is 1. The Hall–Kier alpha value is -1.43. The molecule has 2 fully saturated rings. The predicted molar refractivity (Wildman–Crippen MR) is 104 cm³/mol. The first-order chi connectivity index (χ1) is 12.7. The predicted octanol–water partition coefficient (Wildman–Crippen LogP) is 2.57. The van der Waals surface area contributed by atoms with Crippen LogP contribution in [0.4, 0.5) is 4.39 Å². The molecule has 1 aromatic carbocycles. The summed E-state index contributed by atoms with van der Waals surface area (Å²) in [6.07, 6.45) is 6.81. The van der Waals surface area contributed by atoms with Gasteiger partial charge in [0.2, 0.25) is 0 Å². The van der Waals surface area contributed by atoms with Crippen molar-refractivity contribution in [2.75, 3.05) is 52.4 Å². The Bertz CT molecular complexity index is 557. The fraction of sp³-hybridized carbons (Fsp3) is 0.619. The van der Waals surface area contributed by atoms with Crippen molar-refractivity contribution in [1.82, 2.24) is 15.1 Å². The molecule has 1 saturated carbocycles. The van der Waals surface area contributed by atoms with E-state index in [4.69, 9.17) is 5.11 Å². The van der Waals surface area contributed by atoms with Crippen LogP contribution in [0.3, 0.4) is 0 Å². The summed E-state index contributed by atoms with van der Waals surface area (Å²) < 4.78 is 13.0. The van der Waals surface area contributed by atoms with Gasteiger partial charge in [-0.1, -0.05) is 17.7 Å². The maximum Gasteiger partial charge on any atom is 0.123 e. The van der Waals surface area contributed by atoms with Crippen molar-refractivity contribution in [1.29, 1.82) is 0 Å². The molecular weight excluding hydrogens is 329 g/mol. The normalized spacial score (nSPS) is 22.4. The second-order valence-corrected chi connectivity index (χ2v) is 7.49. The molecule has 144 valence electrons. The number of β-amino-alcohol motifs (C(OH)–C–C–N with tert-alkyl or cyclic N) is 1. The molecular formula is C21H32FN3O. The van der Waals surface area contributed by atoms with Crippen molar-refractivity contribution in [3.05, 3.63) is 47.4 Å². The number of aliphatic hydroxyl groups excluding tert-OH is 1. The molecule has 0 atom stereocenters. The van der Waals surface area contributed by atoms with Crippen LogP contribution in [-0.2, 0) is 0 Å². The summed E-state index contributed by atoms with van der Waals surface area (Å²) in [5.74, 6) is 0.423. The molecule has 1 saturated heterocycles. The molecule has 26 heavy (non-hydrogen) atoms. The highest BCUT2D eigenvalue weighted by atomic mass is 19.1. The lowest BCUT2D eigenvalue weighted by atomic mass is 9.82. The van der Waals surface area contributed by atoms with E-state index in [2.05, 4.69) is 21.3 Å². The minimum absolute atomic E-state index is 0.149. The van der Waals surface area contributed by atoms with Crippen molar-refractivity contribution < 1.29 is 9.50 Å². The van der Waals surface area contributed by atoms with Gasteiger partial charge in [-0.3, -0.25) is 9.80 Å². The van der Waals surface area contributed by atoms with Gasteiger partial charge in [0, 0.05) is 45.8 Å². The number of hydrogen-bond donors (Lipinski definition) is 2. The van der Waals surface area contributed by atoms with E-state index >= 15 is 0 Å². The minimum Gasteiger partial charge on any atom is -0.395 e. The maximum atomic E-state index is 13.0. The summed E-state index contributed by atoms with van der Waals surface area (Å²) >= 11 is 0. The Morgan fingerprint density at radius 1 is 1.00 bits per heavy atom. The molecule has 2 aliphatic rings. The van der Waals surface area contributed by atoms with Gasteiger partial charge in [-0.05, 0) is 55.5 Å². The van der Waals surface area contributed by atoms with Crippen LogP contribution in [0.5, 0.6) is 0 Å². The second kappa shape index (κ2) is 10.0. The molecule has 0 spiro atoms. The average molecular weight is 362 g/mol. The highest BCUT2D eigenvalue weighted by Crippen LogP contribution is 2.35. The van der Waals surface area contributed by atoms with Crippen LogP contribution in [0.2, 0.25) is 0 Å². The number of halogens is 1. The molecule has 0 bridgehead atoms. The van der Waals surface area contributed by atoms with Crippen molar-refractivity contribution in [3.8, 4) is 0 Å². The second-order valence-electron chi connectivity index (χ2n) is 7.49. The minimum atomic E-state index is -0.149. The Labute approximate surface area is 156 Å². The van der Waals surface area contributed by atoms with Gasteiger partial charge in [-0.15, -0.1) is 0 Å². The van der Waals surface area contributed by atoms with E-state index in [1.165, 1.54) is 11.1 Å². The summed E-state index contributed by atoms with van der Waals surface area (Å²) in [5.41, 5.74) is 2.79. The Balaban J connectivity index is 1.31. The summed E-state index contributed by atoms with van der Waals surface area (Å²) in [5, 5.41) is 12.5. The van der Waals surface area contributed by atoms with Crippen LogP contribution in [0.1, 0.15) is 37.2 Å². The third kappa shape index (κ3) is 5.79. The fourth-order valence-electron chi connectivity index (χ4n) is 4.02. The standard InChI is InChI=1S/C21H32FN3O/c22-21-7-5-20(6-8-21)19-3-1-18(2-4-19)17-23-9-10-24-11-13-25(14-12-24)15-16-26/h5-8,17,19,23,26H,1-4,9-16H2. The van der Waals surface area contributed by atoms with Gasteiger partial charge in [0.05, 0.1) is 6.61 Å². The number of nitrogens with zero attached hydrogens (tertiary/aromatic N) is 2. The lowest BCUT2D eigenvalue weighted by Crippen LogP contribution is -2.48. The van der Waals surface area contributed by atoms with Gasteiger partial charge in [0.1, 0.15) is 5.82 Å². The number of nitrogens with one attached hydrogen (secondary N) is 1. The molecule has 0 aromatic heterocycles. The van der Waals surface area contributed by atoms with E-state index in [1.54, 1.807) is 12.1 Å². The van der Waals surface area contributed by atoms with E-state index in [0.717, 1.165) is 71.5 Å². The van der Waals surface area contributed by atoms with Crippen molar-refractivity contribution in [2.24, 2.45) is 0 Å². The Morgan fingerprint density at radius 3 is 2.23 bits per heavy atom. The smallest absolute Gasteiger partial charge is 0.123 e. The van der Waals surface area contributed by atoms with E-state index in [9.17, 15) is 4.39 Å². The van der Waals surface area contributed by atoms with E-state index in [-0.39, 0.29) is 12.4 Å². The van der Waals surface area contributed by atoms with Crippen LogP contribution in [0, 0.1) is 5.82 Å². The lowest BCUT2D eigenvalue weighted by Gasteiger charge is -2.34. The molecule has 3 rings (SSSR count). The third-order valence-corrected chi connectivity index (χ3v) is 5.73. The summed E-state index contributed by atoms with van der Waals surface area (Å²) in [6, 6.07) is 7.03. The summed E-state index contributed by atoms with van der Waals surface area (Å²) in [7, 11) is 0. The highest BCUT2D eigenvalue weighted by molar-refractivity contribution is 5.22. The van der Waals surface area contributed by atoms with E-state index in [1.807, 2.05) is 12.1 Å². The first-order valence-corrected chi connectivity index (χ1v) is 9.97. The van der Waals surface area contributed by atoms with Gasteiger partial charge >= 0.3 is 0 Å². The average Bonchev–Trinajstić information content (AvgIpc) is 2.68. The Kier molecular flexibility index (Phi) is 7.47. The van der Waals surface area contributed by atoms with E-state index < -0.39 is 0 Å². The van der Waals surface area contributed by atoms with Gasteiger partial charge in [-0.2, -0.15) is 0 Å². The quantitative estimate of drug-likeness (QED) is 0.732. The largest absolute Gasteiger partial charge is 0.395 e. The number of aliphatic hydroxyl groups is 1.